The molecule has 0 heterocycles. The number of thioether (sulfide) groups is 1. The van der Waals surface area contributed by atoms with E-state index in [0.717, 1.165) is 18.4 Å². The fourth-order valence-electron chi connectivity index (χ4n) is 3.82. The number of rotatable bonds is 13. The Morgan fingerprint density at radius 1 is 0.889 bits per heavy atom. The molecule has 3 aromatic carbocycles. The molecule has 0 aliphatic heterocycles. The van der Waals surface area contributed by atoms with Crippen LogP contribution in [0.5, 0.6) is 0 Å². The maximum atomic E-state index is 14.6. The first kappa shape index (κ1) is 27.4. The quantitative estimate of drug-likeness (QED) is 0.298. The minimum Gasteiger partial charge on any atom is -0.354 e. The van der Waals surface area contributed by atoms with Crippen LogP contribution in [0, 0.1) is 11.6 Å². The van der Waals surface area contributed by atoms with E-state index in [1.165, 1.54) is 28.8 Å². The molecule has 4 nitrogen and oxygen atoms in total. The first-order valence-corrected chi connectivity index (χ1v) is 13.3. The van der Waals surface area contributed by atoms with Gasteiger partial charge in [0.15, 0.2) is 0 Å². The molecule has 3 rings (SSSR count). The molecule has 0 radical (unpaired) electrons. The average molecular weight is 511 g/mol. The second-order valence-electron chi connectivity index (χ2n) is 8.55. The van der Waals surface area contributed by atoms with Gasteiger partial charge in [-0.3, -0.25) is 9.59 Å². The molecule has 0 aliphatic rings. The van der Waals surface area contributed by atoms with Crippen molar-refractivity contribution in [3.05, 3.63) is 107 Å². The van der Waals surface area contributed by atoms with Crippen LogP contribution in [0.1, 0.15) is 36.5 Å². The molecule has 0 saturated carbocycles. The van der Waals surface area contributed by atoms with Crippen LogP contribution < -0.4 is 5.32 Å². The molecule has 2 amide bonds. The highest BCUT2D eigenvalue weighted by Gasteiger charge is 2.30. The van der Waals surface area contributed by atoms with E-state index in [0.29, 0.717) is 29.8 Å². The van der Waals surface area contributed by atoms with Gasteiger partial charge in [-0.2, -0.15) is 0 Å². The Kier molecular flexibility index (Phi) is 11.0. The van der Waals surface area contributed by atoms with E-state index in [9.17, 15) is 18.4 Å². The average Bonchev–Trinajstić information content (AvgIpc) is 2.89. The molecule has 36 heavy (non-hydrogen) atoms. The van der Waals surface area contributed by atoms with Crippen LogP contribution in [-0.2, 0) is 28.3 Å². The summed E-state index contributed by atoms with van der Waals surface area (Å²) in [5, 5.41) is 2.95. The monoisotopic (exact) mass is 510 g/mol. The molecule has 1 atom stereocenters. The van der Waals surface area contributed by atoms with Crippen molar-refractivity contribution in [2.24, 2.45) is 0 Å². The Hall–Kier alpha value is -3.19. The lowest BCUT2D eigenvalue weighted by molar-refractivity contribution is -0.139. The van der Waals surface area contributed by atoms with Gasteiger partial charge in [0.25, 0.3) is 0 Å². The van der Waals surface area contributed by atoms with E-state index in [4.69, 9.17) is 0 Å². The molecule has 0 unspecified atom stereocenters. The minimum atomic E-state index is -0.814. The van der Waals surface area contributed by atoms with Gasteiger partial charge in [-0.25, -0.2) is 8.78 Å². The van der Waals surface area contributed by atoms with Gasteiger partial charge in [0, 0.05) is 30.8 Å². The summed E-state index contributed by atoms with van der Waals surface area (Å²) in [5.41, 5.74) is 1.75. The number of carbonyl (C=O) groups excluding carboxylic acids is 2. The Morgan fingerprint density at radius 3 is 2.14 bits per heavy atom. The number of nitrogens with zero attached hydrogens (tertiary/aromatic N) is 1. The molecule has 7 heteroatoms. The molecule has 0 spiro atoms. The Labute approximate surface area is 216 Å². The fraction of sp³-hybridized carbons (Fsp3) is 0.310. The zero-order chi connectivity index (χ0) is 25.8. The molecule has 0 aliphatic carbocycles. The van der Waals surface area contributed by atoms with Gasteiger partial charge < -0.3 is 10.2 Å². The van der Waals surface area contributed by atoms with Gasteiger partial charge in [-0.1, -0.05) is 80.1 Å². The standard InChI is InChI=1S/C29H32F2N2O2S/c1-2-3-17-32-29(35)27(18-22-11-5-4-6-12-22)33(19-23-13-7-9-15-25(23)30)28(34)21-36-20-24-14-8-10-16-26(24)31/h4-16,27H,2-3,17-21H2,1H3,(H,32,35)/t27-/m1/s1. The van der Waals surface area contributed by atoms with Crippen LogP contribution >= 0.6 is 11.8 Å². The maximum Gasteiger partial charge on any atom is 0.243 e. The van der Waals surface area contributed by atoms with Crippen LogP contribution in [-0.4, -0.2) is 35.1 Å². The van der Waals surface area contributed by atoms with Gasteiger partial charge in [-0.15, -0.1) is 11.8 Å². The molecule has 0 fully saturated rings. The van der Waals surface area contributed by atoms with Crippen LogP contribution in [0.2, 0.25) is 0 Å². The number of unbranched alkanes of at least 4 members (excludes halogenated alkanes) is 1. The van der Waals surface area contributed by atoms with E-state index in [2.05, 4.69) is 5.32 Å². The third kappa shape index (κ3) is 8.19. The Morgan fingerprint density at radius 2 is 1.50 bits per heavy atom. The summed E-state index contributed by atoms with van der Waals surface area (Å²) in [4.78, 5) is 28.3. The summed E-state index contributed by atoms with van der Waals surface area (Å²) < 4.78 is 28.6. The summed E-state index contributed by atoms with van der Waals surface area (Å²) in [6, 6.07) is 21.4. The van der Waals surface area contributed by atoms with E-state index >= 15 is 0 Å². The Bertz CT molecular complexity index is 1130. The SMILES string of the molecule is CCCCNC(=O)[C@@H](Cc1ccccc1)N(Cc1ccccc1F)C(=O)CSCc1ccccc1F. The summed E-state index contributed by atoms with van der Waals surface area (Å²) in [7, 11) is 0. The van der Waals surface area contributed by atoms with Gasteiger partial charge in [-0.05, 0) is 29.7 Å². The van der Waals surface area contributed by atoms with Crippen molar-refractivity contribution in [2.75, 3.05) is 12.3 Å². The van der Waals surface area contributed by atoms with Crippen molar-refractivity contribution in [1.82, 2.24) is 10.2 Å². The third-order valence-corrected chi connectivity index (χ3v) is 6.81. The van der Waals surface area contributed by atoms with Gasteiger partial charge in [0.2, 0.25) is 11.8 Å². The van der Waals surface area contributed by atoms with E-state index in [-0.39, 0.29) is 29.9 Å². The second kappa shape index (κ2) is 14.4. The van der Waals surface area contributed by atoms with Gasteiger partial charge in [0.1, 0.15) is 17.7 Å². The molecule has 0 bridgehead atoms. The summed E-state index contributed by atoms with van der Waals surface area (Å²) >= 11 is 1.27. The third-order valence-electron chi connectivity index (χ3n) is 5.84. The van der Waals surface area contributed by atoms with Crippen molar-refractivity contribution in [1.29, 1.82) is 0 Å². The molecule has 0 aromatic heterocycles. The van der Waals surface area contributed by atoms with Gasteiger partial charge in [0.05, 0.1) is 5.75 Å². The fourth-order valence-corrected chi connectivity index (χ4v) is 4.71. The predicted octanol–water partition coefficient (Wildman–Crippen LogP) is 5.75. The topological polar surface area (TPSA) is 49.4 Å². The van der Waals surface area contributed by atoms with E-state index < -0.39 is 11.9 Å². The maximum absolute atomic E-state index is 14.6. The normalized spacial score (nSPS) is 11.6. The van der Waals surface area contributed by atoms with Crippen molar-refractivity contribution < 1.29 is 18.4 Å². The number of halogens is 2. The largest absolute Gasteiger partial charge is 0.354 e. The predicted molar refractivity (Wildman–Crippen MR) is 141 cm³/mol. The lowest BCUT2D eigenvalue weighted by Crippen LogP contribution is -2.51. The molecule has 1 N–H and O–H groups in total. The zero-order valence-electron chi connectivity index (χ0n) is 20.5. The molecular weight excluding hydrogens is 478 g/mol. The smallest absolute Gasteiger partial charge is 0.243 e. The minimum absolute atomic E-state index is 0.0372. The van der Waals surface area contributed by atoms with Crippen LogP contribution in [0.3, 0.4) is 0 Å². The molecule has 0 saturated heterocycles. The second-order valence-corrected chi connectivity index (χ2v) is 9.53. The lowest BCUT2D eigenvalue weighted by atomic mass is 10.0. The highest BCUT2D eigenvalue weighted by Crippen LogP contribution is 2.20. The van der Waals surface area contributed by atoms with Crippen molar-refractivity contribution in [3.63, 3.8) is 0 Å². The van der Waals surface area contributed by atoms with Crippen molar-refractivity contribution in [3.8, 4) is 0 Å². The summed E-state index contributed by atoms with van der Waals surface area (Å²) in [5.74, 6) is -0.965. The van der Waals surface area contributed by atoms with Crippen molar-refractivity contribution in [2.45, 2.75) is 44.5 Å². The van der Waals surface area contributed by atoms with Crippen LogP contribution in [0.4, 0.5) is 8.78 Å². The number of hydrogen-bond donors (Lipinski definition) is 1. The number of hydrogen-bond acceptors (Lipinski definition) is 3. The molecule has 3 aromatic rings. The summed E-state index contributed by atoms with van der Waals surface area (Å²) in [6.07, 6.45) is 2.05. The number of benzene rings is 3. The highest BCUT2D eigenvalue weighted by atomic mass is 32.2. The van der Waals surface area contributed by atoms with Crippen LogP contribution in [0.15, 0.2) is 78.9 Å². The van der Waals surface area contributed by atoms with Gasteiger partial charge >= 0.3 is 0 Å². The first-order chi connectivity index (χ1) is 17.5. The Balaban J connectivity index is 1.85. The van der Waals surface area contributed by atoms with E-state index in [1.54, 1.807) is 36.4 Å². The van der Waals surface area contributed by atoms with Crippen LogP contribution in [0.25, 0.3) is 0 Å². The van der Waals surface area contributed by atoms with Crippen molar-refractivity contribution >= 4 is 23.6 Å². The number of carbonyl (C=O) groups is 2. The lowest BCUT2D eigenvalue weighted by Gasteiger charge is -2.31. The first-order valence-electron chi connectivity index (χ1n) is 12.1. The molecular formula is C29H32F2N2O2S. The number of nitrogens with one attached hydrogen (secondary N) is 1. The summed E-state index contributed by atoms with van der Waals surface area (Å²) in [6.45, 7) is 2.50. The molecule has 190 valence electrons. The zero-order valence-corrected chi connectivity index (χ0v) is 21.3. The highest BCUT2D eigenvalue weighted by molar-refractivity contribution is 7.99. The number of amides is 2. The van der Waals surface area contributed by atoms with E-state index in [1.807, 2.05) is 37.3 Å².